The van der Waals surface area contributed by atoms with Crippen molar-refractivity contribution in [1.82, 2.24) is 9.97 Å². The fourth-order valence-electron chi connectivity index (χ4n) is 7.22. The van der Waals surface area contributed by atoms with Gasteiger partial charge in [0.1, 0.15) is 0 Å². The van der Waals surface area contributed by atoms with E-state index in [1.165, 1.54) is 58.7 Å². The van der Waals surface area contributed by atoms with Crippen LogP contribution in [-0.4, -0.2) is 18.0 Å². The summed E-state index contributed by atoms with van der Waals surface area (Å²) in [5.41, 5.74) is 11.8. The molecule has 4 heteroatoms. The van der Waals surface area contributed by atoms with Crippen LogP contribution in [-0.2, 0) is 20.1 Å². The van der Waals surface area contributed by atoms with Gasteiger partial charge >= 0.3 is 0 Å². The molecule has 1 fully saturated rings. The van der Waals surface area contributed by atoms with Gasteiger partial charge in [0.05, 0.1) is 8.07 Å². The minimum absolute atomic E-state index is 0. The predicted molar refractivity (Wildman–Crippen MR) is 215 cm³/mol. The minimum atomic E-state index is -1.39. The van der Waals surface area contributed by atoms with E-state index < -0.39 is 8.07 Å². The normalized spacial score (nSPS) is 13.6. The first-order chi connectivity index (χ1) is 24.2. The van der Waals surface area contributed by atoms with E-state index in [0.29, 0.717) is 11.8 Å². The van der Waals surface area contributed by atoms with Gasteiger partial charge in [0.2, 0.25) is 0 Å². The smallest absolute Gasteiger partial charge is 0.0799 e. The molecule has 1 saturated carbocycles. The molecule has 7 rings (SSSR count). The summed E-state index contributed by atoms with van der Waals surface area (Å²) in [5, 5.41) is 1.54. The molecule has 1 unspecified atom stereocenters. The quantitative estimate of drug-likeness (QED) is 0.113. The summed E-state index contributed by atoms with van der Waals surface area (Å²) in [5.74, 6) is 1.91. The van der Waals surface area contributed by atoms with Crippen LogP contribution in [0.3, 0.4) is 0 Å². The molecule has 0 saturated heterocycles. The summed E-state index contributed by atoms with van der Waals surface area (Å²) in [6.45, 7) is 14.2. The molecule has 1 aliphatic rings. The Morgan fingerprint density at radius 2 is 1.24 bits per heavy atom. The van der Waals surface area contributed by atoms with E-state index in [1.54, 1.807) is 5.56 Å². The van der Waals surface area contributed by atoms with Crippen molar-refractivity contribution in [3.05, 3.63) is 151 Å². The third-order valence-corrected chi connectivity index (χ3v) is 12.2. The number of hydrogen-bond donors (Lipinski definition) is 0. The SMILES string of the molecule is CC(C)c1cnc(-c2[c-]cc(-c3ccccc3)cc2)cc1-c1ccccc1.CC(c1cc(-c2[c-]cccc2)ncc1[Si](C)(C)C)C1CCCC1.[Ir]. The number of pyridine rings is 2. The molecule has 0 aliphatic heterocycles. The van der Waals surface area contributed by atoms with Crippen LogP contribution in [0.4, 0.5) is 0 Å². The van der Waals surface area contributed by atoms with Gasteiger partial charge in [0, 0.05) is 32.5 Å². The Morgan fingerprint density at radius 3 is 1.82 bits per heavy atom. The second kappa shape index (κ2) is 17.5. The molecule has 0 N–H and O–H groups in total. The van der Waals surface area contributed by atoms with E-state index in [4.69, 9.17) is 9.97 Å². The molecule has 1 atom stereocenters. The van der Waals surface area contributed by atoms with E-state index in [1.807, 2.05) is 30.5 Å². The number of rotatable bonds is 8. The molecule has 6 aromatic rings. The first-order valence-corrected chi connectivity index (χ1v) is 21.8. The van der Waals surface area contributed by atoms with Crippen LogP contribution >= 0.6 is 0 Å². The van der Waals surface area contributed by atoms with Crippen LogP contribution in [0.2, 0.25) is 19.6 Å². The Kier molecular flexibility index (Phi) is 13.1. The van der Waals surface area contributed by atoms with Gasteiger partial charge in [-0.2, -0.15) is 0 Å². The van der Waals surface area contributed by atoms with E-state index in [2.05, 4.69) is 150 Å². The van der Waals surface area contributed by atoms with Crippen molar-refractivity contribution in [1.29, 1.82) is 0 Å². The Labute approximate surface area is 321 Å². The molecule has 2 nitrogen and oxygen atoms in total. The maximum atomic E-state index is 4.79. The van der Waals surface area contributed by atoms with Crippen molar-refractivity contribution in [3.63, 3.8) is 0 Å². The van der Waals surface area contributed by atoms with Gasteiger partial charge < -0.3 is 9.97 Å². The van der Waals surface area contributed by atoms with Gasteiger partial charge in [-0.05, 0) is 63.9 Å². The molecule has 1 aliphatic carbocycles. The standard InChI is InChI=1S/C26H22N.C21H28NSi.Ir/c1-19(2)25-18-27-26(17-24(25)22-11-7-4-8-12-22)23-15-13-21(14-16-23)20-9-5-3-6-10-20;1-16(17-10-8-9-11-17)19-14-20(18-12-6-5-7-13-18)22-15-21(19)23(2,3)4;/h3-15,17-19H,1-2H3;5-7,12,14-17H,8-11H2,1-4H3;/q2*-1;. The van der Waals surface area contributed by atoms with Crippen LogP contribution < -0.4 is 5.19 Å². The van der Waals surface area contributed by atoms with Crippen LogP contribution in [0.5, 0.6) is 0 Å². The monoisotopic (exact) mass is 863 g/mol. The Balaban J connectivity index is 0.000000196. The van der Waals surface area contributed by atoms with E-state index in [-0.39, 0.29) is 20.1 Å². The van der Waals surface area contributed by atoms with Crippen molar-refractivity contribution >= 4 is 13.3 Å². The number of aromatic nitrogens is 2. The van der Waals surface area contributed by atoms with Gasteiger partial charge in [0.15, 0.2) is 0 Å². The average Bonchev–Trinajstić information content (AvgIpc) is 3.71. The number of hydrogen-bond acceptors (Lipinski definition) is 2. The molecule has 0 bridgehead atoms. The molecular formula is C47H50IrN2Si-2. The maximum Gasteiger partial charge on any atom is 0.0799 e. The molecule has 51 heavy (non-hydrogen) atoms. The molecule has 0 amide bonds. The van der Waals surface area contributed by atoms with Crippen molar-refractivity contribution in [3.8, 4) is 44.8 Å². The van der Waals surface area contributed by atoms with Crippen molar-refractivity contribution in [2.24, 2.45) is 5.92 Å². The first-order valence-electron chi connectivity index (χ1n) is 18.3. The summed E-state index contributed by atoms with van der Waals surface area (Å²) in [6, 6.07) is 46.7. The van der Waals surface area contributed by atoms with Gasteiger partial charge in [0.25, 0.3) is 0 Å². The largest absolute Gasteiger partial charge is 0.305 e. The third-order valence-electron chi connectivity index (χ3n) is 10.2. The summed E-state index contributed by atoms with van der Waals surface area (Å²) in [7, 11) is -1.39. The molecule has 4 aromatic carbocycles. The molecule has 1 radical (unpaired) electrons. The fourth-order valence-corrected chi connectivity index (χ4v) is 8.84. The van der Waals surface area contributed by atoms with Gasteiger partial charge in [-0.1, -0.05) is 143 Å². The van der Waals surface area contributed by atoms with Crippen LogP contribution in [0.15, 0.2) is 128 Å². The van der Waals surface area contributed by atoms with Crippen LogP contribution in [0, 0.1) is 18.1 Å². The van der Waals surface area contributed by atoms with Crippen molar-refractivity contribution < 1.29 is 20.1 Å². The second-order valence-electron chi connectivity index (χ2n) is 15.1. The zero-order valence-electron chi connectivity index (χ0n) is 30.9. The Hall–Kier alpha value is -3.95. The van der Waals surface area contributed by atoms with Crippen LogP contribution in [0.1, 0.15) is 69.4 Å². The minimum Gasteiger partial charge on any atom is -0.305 e. The van der Waals surface area contributed by atoms with E-state index in [0.717, 1.165) is 28.4 Å². The molecule has 263 valence electrons. The zero-order chi connectivity index (χ0) is 35.1. The van der Waals surface area contributed by atoms with Crippen molar-refractivity contribution in [2.75, 3.05) is 0 Å². The van der Waals surface area contributed by atoms with E-state index in [9.17, 15) is 0 Å². The van der Waals surface area contributed by atoms with Gasteiger partial charge in [-0.3, -0.25) is 0 Å². The maximum absolute atomic E-state index is 4.79. The predicted octanol–water partition coefficient (Wildman–Crippen LogP) is 12.4. The van der Waals surface area contributed by atoms with Gasteiger partial charge in [-0.15, -0.1) is 65.7 Å². The molecule has 0 spiro atoms. The summed E-state index contributed by atoms with van der Waals surface area (Å²) < 4.78 is 0. The zero-order valence-corrected chi connectivity index (χ0v) is 34.3. The fraction of sp³-hybridized carbons (Fsp3) is 0.277. The van der Waals surface area contributed by atoms with Crippen LogP contribution in [0.25, 0.3) is 44.8 Å². The Morgan fingerprint density at radius 1 is 0.627 bits per heavy atom. The number of nitrogens with zero attached hydrogens (tertiary/aromatic N) is 2. The molecule has 2 aromatic heterocycles. The number of benzene rings is 4. The van der Waals surface area contributed by atoms with E-state index >= 15 is 0 Å². The molecule has 2 heterocycles. The van der Waals surface area contributed by atoms with Crippen molar-refractivity contribution in [2.45, 2.75) is 77.9 Å². The summed E-state index contributed by atoms with van der Waals surface area (Å²) in [4.78, 5) is 9.52. The van der Waals surface area contributed by atoms with Gasteiger partial charge in [-0.25, -0.2) is 0 Å². The summed E-state index contributed by atoms with van der Waals surface area (Å²) in [6.07, 6.45) is 9.77. The Bertz CT molecular complexity index is 1960. The molecular weight excluding hydrogens is 813 g/mol. The average molecular weight is 863 g/mol. The third kappa shape index (κ3) is 9.49. The first kappa shape index (κ1) is 38.3. The summed E-state index contributed by atoms with van der Waals surface area (Å²) >= 11 is 0. The topological polar surface area (TPSA) is 25.8 Å². The second-order valence-corrected chi connectivity index (χ2v) is 20.1.